The van der Waals surface area contributed by atoms with Crippen molar-refractivity contribution in [3.63, 3.8) is 0 Å². The van der Waals surface area contributed by atoms with Crippen molar-refractivity contribution in [2.75, 3.05) is 39.3 Å². The van der Waals surface area contributed by atoms with Crippen LogP contribution in [0.1, 0.15) is 24.3 Å². The highest BCUT2D eigenvalue weighted by atomic mass is 35.5. The van der Waals surface area contributed by atoms with Gasteiger partial charge in [-0.3, -0.25) is 4.68 Å². The summed E-state index contributed by atoms with van der Waals surface area (Å²) >= 11 is 0. The number of aliphatic hydroxyl groups is 1. The van der Waals surface area contributed by atoms with Gasteiger partial charge in [0, 0.05) is 51.3 Å². The van der Waals surface area contributed by atoms with Crippen LogP contribution in [-0.4, -0.2) is 59.1 Å². The molecule has 1 aromatic rings. The van der Waals surface area contributed by atoms with Crippen molar-refractivity contribution in [1.82, 2.24) is 20.0 Å². The lowest BCUT2D eigenvalue weighted by atomic mass is 9.92. The van der Waals surface area contributed by atoms with Crippen molar-refractivity contribution >= 4 is 12.4 Å². The van der Waals surface area contributed by atoms with Crippen LogP contribution in [0.2, 0.25) is 0 Å². The Morgan fingerprint density at radius 2 is 2.10 bits per heavy atom. The van der Waals surface area contributed by atoms with Crippen LogP contribution in [0, 0.1) is 11.8 Å². The molecular formula is C15H27ClN4O. The highest BCUT2D eigenvalue weighted by Gasteiger charge is 2.34. The summed E-state index contributed by atoms with van der Waals surface area (Å²) in [6, 6.07) is 0. The van der Waals surface area contributed by atoms with E-state index >= 15 is 0 Å². The third-order valence-electron chi connectivity index (χ3n) is 4.88. The predicted molar refractivity (Wildman–Crippen MR) is 85.8 cm³/mol. The molecule has 2 aliphatic rings. The molecule has 0 aliphatic carbocycles. The van der Waals surface area contributed by atoms with Crippen LogP contribution in [0.5, 0.6) is 0 Å². The van der Waals surface area contributed by atoms with Crippen LogP contribution < -0.4 is 5.32 Å². The van der Waals surface area contributed by atoms with Gasteiger partial charge in [-0.15, -0.1) is 12.4 Å². The minimum absolute atomic E-state index is 0. The fourth-order valence-corrected chi connectivity index (χ4v) is 3.73. The number of rotatable bonds is 4. The Kier molecular flexibility index (Phi) is 6.05. The average molecular weight is 315 g/mol. The maximum atomic E-state index is 9.66. The van der Waals surface area contributed by atoms with Gasteiger partial charge >= 0.3 is 0 Å². The molecule has 0 unspecified atom stereocenters. The number of nitrogens with zero attached hydrogens (tertiary/aromatic N) is 3. The summed E-state index contributed by atoms with van der Waals surface area (Å²) in [6.45, 7) is 5.89. The molecule has 2 atom stereocenters. The number of aryl methyl sites for hydroxylation is 1. The van der Waals surface area contributed by atoms with Crippen LogP contribution in [-0.2, 0) is 7.05 Å². The molecule has 2 saturated heterocycles. The Hall–Kier alpha value is -0.620. The smallest absolute Gasteiger partial charge is 0.0525 e. The maximum Gasteiger partial charge on any atom is 0.0525 e. The van der Waals surface area contributed by atoms with Gasteiger partial charge in [0.25, 0.3) is 0 Å². The fourth-order valence-electron chi connectivity index (χ4n) is 3.73. The van der Waals surface area contributed by atoms with Crippen LogP contribution >= 0.6 is 12.4 Å². The molecule has 0 spiro atoms. The van der Waals surface area contributed by atoms with E-state index in [-0.39, 0.29) is 19.0 Å². The first kappa shape index (κ1) is 16.7. The van der Waals surface area contributed by atoms with Crippen molar-refractivity contribution in [2.45, 2.75) is 18.8 Å². The predicted octanol–water partition coefficient (Wildman–Crippen LogP) is 0.849. The van der Waals surface area contributed by atoms with E-state index in [9.17, 15) is 5.11 Å². The number of aromatic nitrogens is 2. The SMILES string of the molecule is Cl.Cn1cc([C@@H]2CN(CC3CCNCC3)C[C@H]2CO)cn1. The van der Waals surface area contributed by atoms with Crippen LogP contribution in [0.3, 0.4) is 0 Å². The summed E-state index contributed by atoms with van der Waals surface area (Å²) in [6.07, 6.45) is 6.64. The average Bonchev–Trinajstić information content (AvgIpc) is 3.06. The van der Waals surface area contributed by atoms with Crippen molar-refractivity contribution in [2.24, 2.45) is 18.9 Å². The Labute approximate surface area is 133 Å². The molecule has 6 heteroatoms. The van der Waals surface area contributed by atoms with Crippen LogP contribution in [0.25, 0.3) is 0 Å². The summed E-state index contributed by atoms with van der Waals surface area (Å²) in [4.78, 5) is 2.55. The maximum absolute atomic E-state index is 9.66. The summed E-state index contributed by atoms with van der Waals surface area (Å²) < 4.78 is 1.86. The van der Waals surface area contributed by atoms with Gasteiger partial charge in [-0.2, -0.15) is 5.10 Å². The van der Waals surface area contributed by atoms with Gasteiger partial charge in [-0.1, -0.05) is 0 Å². The first-order valence-corrected chi connectivity index (χ1v) is 7.78. The highest BCUT2D eigenvalue weighted by Crippen LogP contribution is 2.33. The molecule has 0 aromatic carbocycles. The number of hydrogen-bond acceptors (Lipinski definition) is 4. The minimum Gasteiger partial charge on any atom is -0.396 e. The molecule has 0 amide bonds. The second-order valence-electron chi connectivity index (χ2n) is 6.41. The molecular weight excluding hydrogens is 288 g/mol. The zero-order valence-electron chi connectivity index (χ0n) is 12.7. The van der Waals surface area contributed by atoms with Crippen molar-refractivity contribution in [1.29, 1.82) is 0 Å². The van der Waals surface area contributed by atoms with Crippen LogP contribution in [0.15, 0.2) is 12.4 Å². The molecule has 21 heavy (non-hydrogen) atoms. The van der Waals surface area contributed by atoms with Gasteiger partial charge in [0.2, 0.25) is 0 Å². The van der Waals surface area contributed by atoms with E-state index < -0.39 is 0 Å². The summed E-state index contributed by atoms with van der Waals surface area (Å²) in [7, 11) is 1.96. The number of halogens is 1. The van der Waals surface area contributed by atoms with E-state index in [0.29, 0.717) is 11.8 Å². The van der Waals surface area contributed by atoms with Gasteiger partial charge in [0.1, 0.15) is 0 Å². The van der Waals surface area contributed by atoms with Crippen LogP contribution in [0.4, 0.5) is 0 Å². The van der Waals surface area contributed by atoms with E-state index in [1.807, 2.05) is 17.9 Å². The normalized spacial score (nSPS) is 27.7. The van der Waals surface area contributed by atoms with Crippen molar-refractivity contribution in [3.05, 3.63) is 18.0 Å². The Morgan fingerprint density at radius 3 is 2.71 bits per heavy atom. The molecule has 0 radical (unpaired) electrons. The largest absolute Gasteiger partial charge is 0.396 e. The highest BCUT2D eigenvalue weighted by molar-refractivity contribution is 5.85. The second-order valence-corrected chi connectivity index (χ2v) is 6.41. The molecule has 0 bridgehead atoms. The topological polar surface area (TPSA) is 53.3 Å². The van der Waals surface area contributed by atoms with Gasteiger partial charge in [0.15, 0.2) is 0 Å². The lowest BCUT2D eigenvalue weighted by molar-refractivity contribution is 0.200. The molecule has 2 fully saturated rings. The number of aliphatic hydroxyl groups excluding tert-OH is 1. The quantitative estimate of drug-likeness (QED) is 0.865. The number of nitrogens with one attached hydrogen (secondary N) is 1. The lowest BCUT2D eigenvalue weighted by Crippen LogP contribution is -2.35. The molecule has 120 valence electrons. The van der Waals surface area contributed by atoms with Gasteiger partial charge in [-0.25, -0.2) is 0 Å². The Balaban J connectivity index is 0.00000161. The zero-order valence-corrected chi connectivity index (χ0v) is 13.6. The third-order valence-corrected chi connectivity index (χ3v) is 4.88. The summed E-state index contributed by atoms with van der Waals surface area (Å²) in [5, 5.41) is 17.4. The monoisotopic (exact) mass is 314 g/mol. The fraction of sp³-hybridized carbons (Fsp3) is 0.800. The first-order valence-electron chi connectivity index (χ1n) is 7.78. The molecule has 3 rings (SSSR count). The number of likely N-dealkylation sites (tertiary alicyclic amines) is 1. The molecule has 2 aliphatic heterocycles. The third kappa shape index (κ3) is 3.97. The van der Waals surface area contributed by atoms with E-state index in [1.165, 1.54) is 24.9 Å². The Bertz CT molecular complexity index is 433. The van der Waals surface area contributed by atoms with Gasteiger partial charge in [0.05, 0.1) is 6.20 Å². The zero-order chi connectivity index (χ0) is 13.9. The minimum atomic E-state index is 0. The van der Waals surface area contributed by atoms with E-state index in [0.717, 1.165) is 32.1 Å². The van der Waals surface area contributed by atoms with Gasteiger partial charge in [-0.05, 0) is 37.4 Å². The van der Waals surface area contributed by atoms with Crippen molar-refractivity contribution < 1.29 is 5.11 Å². The molecule has 1 aromatic heterocycles. The van der Waals surface area contributed by atoms with E-state index in [2.05, 4.69) is 21.5 Å². The molecule has 3 heterocycles. The van der Waals surface area contributed by atoms with E-state index in [4.69, 9.17) is 0 Å². The standard InChI is InChI=1S/C15H26N4O.ClH/c1-18-8-13(6-17-18)15-10-19(9-14(15)11-20)7-12-2-4-16-5-3-12;/h6,8,12,14-16,20H,2-5,7,9-11H2,1H3;1H/t14-,15-;/m0./s1. The lowest BCUT2D eigenvalue weighted by Gasteiger charge is -2.27. The molecule has 0 saturated carbocycles. The number of hydrogen-bond donors (Lipinski definition) is 2. The second kappa shape index (κ2) is 7.58. The number of piperidine rings is 1. The van der Waals surface area contributed by atoms with Gasteiger partial charge < -0.3 is 15.3 Å². The first-order chi connectivity index (χ1) is 9.76. The van der Waals surface area contributed by atoms with E-state index in [1.54, 1.807) is 0 Å². The summed E-state index contributed by atoms with van der Waals surface area (Å²) in [5.41, 5.74) is 1.28. The summed E-state index contributed by atoms with van der Waals surface area (Å²) in [5.74, 6) is 1.62. The Morgan fingerprint density at radius 1 is 1.33 bits per heavy atom. The molecule has 2 N–H and O–H groups in total. The van der Waals surface area contributed by atoms with Crippen molar-refractivity contribution in [3.8, 4) is 0 Å². The molecule has 5 nitrogen and oxygen atoms in total.